The maximum atomic E-state index is 13.2. The number of aryl methyl sites for hydroxylation is 2. The molecule has 14 heteroatoms. The van der Waals surface area contributed by atoms with Crippen molar-refractivity contribution in [1.29, 1.82) is 0 Å². The molecule has 0 amide bonds. The Morgan fingerprint density at radius 1 is 0.604 bits per heavy atom. The molecule has 0 aliphatic heterocycles. The summed E-state index contributed by atoms with van der Waals surface area (Å²) < 4.78 is 45.1. The minimum atomic E-state index is -5.11. The Kier molecular flexibility index (Phi) is 14.7. The zero-order chi connectivity index (χ0) is 34.1. The molecule has 48 heavy (non-hydrogen) atoms. The summed E-state index contributed by atoms with van der Waals surface area (Å²) in [6, 6.07) is 19.2. The second-order valence-corrected chi connectivity index (χ2v) is 12.3. The van der Waals surface area contributed by atoms with Gasteiger partial charge in [0, 0.05) is 47.2 Å². The van der Waals surface area contributed by atoms with E-state index in [1.807, 2.05) is 24.3 Å². The van der Waals surface area contributed by atoms with Crippen molar-refractivity contribution < 1.29 is 76.6 Å². The smallest absolute Gasteiger partial charge is 0.736 e. The molecule has 0 unspecified atom stereocenters. The minimum Gasteiger partial charge on any atom is -0.736 e. The van der Waals surface area contributed by atoms with E-state index in [1.54, 1.807) is 24.3 Å². The van der Waals surface area contributed by atoms with Gasteiger partial charge in [-0.3, -0.25) is 9.59 Å². The van der Waals surface area contributed by atoms with Crippen LogP contribution in [0.4, 0.5) is 0 Å². The number of halogens is 2. The van der Waals surface area contributed by atoms with E-state index in [2.05, 4.69) is 0 Å². The van der Waals surface area contributed by atoms with Gasteiger partial charge in [-0.1, -0.05) is 47.5 Å². The van der Waals surface area contributed by atoms with Crippen molar-refractivity contribution in [2.45, 2.75) is 25.7 Å². The Balaban J connectivity index is 0.00000625. The van der Waals surface area contributed by atoms with Gasteiger partial charge < -0.3 is 32.9 Å². The van der Waals surface area contributed by atoms with Crippen LogP contribution in [0.15, 0.2) is 72.8 Å². The summed E-state index contributed by atoms with van der Waals surface area (Å²) in [5, 5.41) is 1.18. The number of phosphoric acid groups is 1. The first kappa shape index (κ1) is 39.2. The number of hydrogen-bond acceptors (Lipinski definition) is 10. The SMILES string of the molecule is COc1cc(OP(=O)([O-])Oc2cc(OC)c(C(=O)CCc3ccc(Cl)cc3)c(OC)c2)cc(OC)c1C(=O)CCc1ccc(Cl)cc1.[Na+]. The van der Waals surface area contributed by atoms with Gasteiger partial charge in [-0.2, -0.15) is 0 Å². The van der Waals surface area contributed by atoms with Gasteiger partial charge in [-0.15, -0.1) is 0 Å². The largest absolute Gasteiger partial charge is 1.00 e. The fourth-order valence-corrected chi connectivity index (χ4v) is 5.79. The van der Waals surface area contributed by atoms with E-state index in [4.69, 9.17) is 51.2 Å². The van der Waals surface area contributed by atoms with Crippen molar-refractivity contribution in [3.05, 3.63) is 105 Å². The van der Waals surface area contributed by atoms with Gasteiger partial charge in [0.2, 0.25) is 0 Å². The van der Waals surface area contributed by atoms with Crippen molar-refractivity contribution in [3.8, 4) is 34.5 Å². The van der Waals surface area contributed by atoms with Crippen LogP contribution >= 0.6 is 31.0 Å². The van der Waals surface area contributed by atoms with Crippen LogP contribution in [0.1, 0.15) is 44.7 Å². The Bertz CT molecular complexity index is 1610. The quantitative estimate of drug-likeness (QED) is 0.0920. The average molecular weight is 725 g/mol. The first-order valence-electron chi connectivity index (χ1n) is 14.2. The topological polar surface area (TPSA) is 130 Å². The van der Waals surface area contributed by atoms with Gasteiger partial charge in [0.25, 0.3) is 0 Å². The Morgan fingerprint density at radius 3 is 1.17 bits per heavy atom. The summed E-state index contributed by atoms with van der Waals surface area (Å²) >= 11 is 11.9. The van der Waals surface area contributed by atoms with E-state index in [0.717, 1.165) is 11.1 Å². The Hall–Kier alpha value is -3.21. The van der Waals surface area contributed by atoms with Crippen molar-refractivity contribution in [2.75, 3.05) is 28.4 Å². The van der Waals surface area contributed by atoms with Gasteiger partial charge in [0.1, 0.15) is 45.6 Å². The van der Waals surface area contributed by atoms with Crippen LogP contribution in [0.5, 0.6) is 34.5 Å². The number of methoxy groups -OCH3 is 4. The third kappa shape index (κ3) is 10.4. The van der Waals surface area contributed by atoms with Crippen molar-refractivity contribution in [1.82, 2.24) is 0 Å². The van der Waals surface area contributed by atoms with Crippen LogP contribution in [0.2, 0.25) is 10.0 Å². The molecular formula is C34H32Cl2NaO10P. The second kappa shape index (κ2) is 18.0. The fourth-order valence-electron chi connectivity index (χ4n) is 4.78. The van der Waals surface area contributed by atoms with Crippen LogP contribution in [0.3, 0.4) is 0 Å². The summed E-state index contributed by atoms with van der Waals surface area (Å²) in [5.41, 5.74) is 2.08. The number of Topliss-reactive ketones (excluding diaryl/α,β-unsaturated/α-hetero) is 2. The number of ketones is 2. The number of phosphoric ester groups is 1. The Labute approximate surface area is 311 Å². The molecule has 0 saturated carbocycles. The average Bonchev–Trinajstić information content (AvgIpc) is 3.06. The number of rotatable bonds is 16. The summed E-state index contributed by atoms with van der Waals surface area (Å²) in [5.74, 6) is -0.836. The molecule has 4 aromatic carbocycles. The number of carbonyl (C=O) groups is 2. The maximum absolute atomic E-state index is 13.2. The zero-order valence-electron chi connectivity index (χ0n) is 27.0. The van der Waals surface area contributed by atoms with Crippen LogP contribution in [-0.4, -0.2) is 40.0 Å². The molecule has 0 N–H and O–H groups in total. The van der Waals surface area contributed by atoms with E-state index in [9.17, 15) is 19.0 Å². The molecule has 0 heterocycles. The predicted molar refractivity (Wildman–Crippen MR) is 176 cm³/mol. The predicted octanol–water partition coefficient (Wildman–Crippen LogP) is 4.59. The van der Waals surface area contributed by atoms with E-state index >= 15 is 0 Å². The van der Waals surface area contributed by atoms with Crippen molar-refractivity contribution >= 4 is 42.6 Å². The van der Waals surface area contributed by atoms with E-state index in [0.29, 0.717) is 22.9 Å². The van der Waals surface area contributed by atoms with E-state index in [1.165, 1.54) is 52.7 Å². The fraction of sp³-hybridized carbons (Fsp3) is 0.235. The number of hydrogen-bond donors (Lipinski definition) is 0. The van der Waals surface area contributed by atoms with Crippen LogP contribution in [-0.2, 0) is 17.4 Å². The van der Waals surface area contributed by atoms with Crippen molar-refractivity contribution in [3.63, 3.8) is 0 Å². The standard InChI is InChI=1S/C34H33Cl2O10P.Na/c1-41-29-17-25(18-30(42-2)33(29)27(37)15-9-21-5-11-23(35)12-6-21)45-47(39,40)46-26-19-31(43-3)34(32(20-26)44-4)28(38)16-10-22-7-13-24(36)14-8-22;/h5-8,11-14,17-20H,9-10,15-16H2,1-4H3,(H,39,40);/q;+1/p-1. The molecule has 0 aromatic heterocycles. The normalized spacial score (nSPS) is 10.8. The molecule has 4 aromatic rings. The molecular weight excluding hydrogens is 693 g/mol. The Morgan fingerprint density at radius 2 is 0.896 bits per heavy atom. The third-order valence-corrected chi connectivity index (χ3v) is 8.43. The zero-order valence-corrected chi connectivity index (χ0v) is 31.4. The molecule has 0 fully saturated rings. The van der Waals surface area contributed by atoms with E-state index < -0.39 is 7.82 Å². The first-order valence-corrected chi connectivity index (χ1v) is 16.5. The molecule has 0 saturated heterocycles. The number of benzene rings is 4. The van der Waals surface area contributed by atoms with Crippen LogP contribution < -0.4 is 62.4 Å². The molecule has 4 rings (SSSR count). The van der Waals surface area contributed by atoms with Gasteiger partial charge >= 0.3 is 37.4 Å². The molecule has 0 aliphatic rings. The minimum absolute atomic E-state index is 0. The van der Waals surface area contributed by atoms with E-state index in [-0.39, 0.29) is 99.6 Å². The first-order chi connectivity index (χ1) is 22.5. The summed E-state index contributed by atoms with van der Waals surface area (Å²) in [4.78, 5) is 39.4. The molecule has 0 atom stereocenters. The number of carbonyl (C=O) groups excluding carboxylic acids is 2. The molecule has 10 nitrogen and oxygen atoms in total. The van der Waals surface area contributed by atoms with Crippen LogP contribution in [0, 0.1) is 0 Å². The van der Waals surface area contributed by atoms with Crippen LogP contribution in [0.25, 0.3) is 0 Å². The molecule has 0 aliphatic carbocycles. The van der Waals surface area contributed by atoms with Gasteiger partial charge in [0.15, 0.2) is 11.6 Å². The summed E-state index contributed by atoms with van der Waals surface area (Å²) in [6.45, 7) is 0. The number of ether oxygens (including phenoxy) is 4. The molecule has 0 bridgehead atoms. The molecule has 0 spiro atoms. The van der Waals surface area contributed by atoms with Gasteiger partial charge in [-0.25, -0.2) is 4.57 Å². The molecule has 0 radical (unpaired) electrons. The second-order valence-electron chi connectivity index (χ2n) is 10.1. The summed E-state index contributed by atoms with van der Waals surface area (Å²) in [7, 11) is 0.215. The summed E-state index contributed by atoms with van der Waals surface area (Å²) in [6.07, 6.45) is 1.12. The molecule has 248 valence electrons. The third-order valence-electron chi connectivity index (χ3n) is 7.06. The van der Waals surface area contributed by atoms with Gasteiger partial charge in [0.05, 0.1) is 28.4 Å². The van der Waals surface area contributed by atoms with Crippen molar-refractivity contribution in [2.24, 2.45) is 0 Å². The monoisotopic (exact) mass is 724 g/mol. The maximum Gasteiger partial charge on any atom is 1.00 e. The van der Waals surface area contributed by atoms with Gasteiger partial charge in [-0.05, 0) is 48.2 Å².